The van der Waals surface area contributed by atoms with Crippen LogP contribution in [0.3, 0.4) is 0 Å². The average molecular weight is 346 g/mol. The number of alkyl halides is 3. The van der Waals surface area contributed by atoms with E-state index in [2.05, 4.69) is 5.32 Å². The van der Waals surface area contributed by atoms with Gasteiger partial charge in [0.2, 0.25) is 0 Å². The van der Waals surface area contributed by atoms with Crippen LogP contribution in [-0.4, -0.2) is 49.4 Å². The molecular weight excluding hydrogens is 325 g/mol. The smallest absolute Gasteiger partial charge is 0.416 e. The Morgan fingerprint density at radius 2 is 2.00 bits per heavy atom. The van der Waals surface area contributed by atoms with Crippen molar-refractivity contribution in [1.29, 1.82) is 0 Å². The van der Waals surface area contributed by atoms with Gasteiger partial charge in [-0.2, -0.15) is 13.2 Å². The van der Waals surface area contributed by atoms with E-state index in [-0.39, 0.29) is 37.1 Å². The van der Waals surface area contributed by atoms with Crippen LogP contribution in [0, 0.1) is 0 Å². The second kappa shape index (κ2) is 7.74. The Morgan fingerprint density at radius 1 is 1.33 bits per heavy atom. The zero-order chi connectivity index (χ0) is 17.7. The molecule has 1 N–H and O–H groups in total. The molecule has 24 heavy (non-hydrogen) atoms. The Balaban J connectivity index is 1.76. The van der Waals surface area contributed by atoms with Crippen molar-refractivity contribution < 1.29 is 27.4 Å². The molecule has 1 aromatic carbocycles. The van der Waals surface area contributed by atoms with Crippen molar-refractivity contribution >= 4 is 6.03 Å². The third-order valence-corrected chi connectivity index (χ3v) is 3.52. The third-order valence-electron chi connectivity index (χ3n) is 3.52. The summed E-state index contributed by atoms with van der Waals surface area (Å²) in [5.41, 5.74) is -0.764. The predicted octanol–water partition coefficient (Wildman–Crippen LogP) is 2.90. The van der Waals surface area contributed by atoms with E-state index in [0.717, 1.165) is 12.1 Å². The van der Waals surface area contributed by atoms with Gasteiger partial charge >= 0.3 is 12.2 Å². The summed E-state index contributed by atoms with van der Waals surface area (Å²) in [4.78, 5) is 13.7. The fourth-order valence-corrected chi connectivity index (χ4v) is 2.54. The molecule has 2 amide bonds. The fourth-order valence-electron chi connectivity index (χ4n) is 2.54. The van der Waals surface area contributed by atoms with Crippen molar-refractivity contribution in [2.45, 2.75) is 32.2 Å². The van der Waals surface area contributed by atoms with Crippen LogP contribution in [0.1, 0.15) is 19.4 Å². The van der Waals surface area contributed by atoms with E-state index in [4.69, 9.17) is 9.47 Å². The Kier molecular flexibility index (Phi) is 5.93. The van der Waals surface area contributed by atoms with Crippen molar-refractivity contribution in [3.05, 3.63) is 29.8 Å². The minimum absolute atomic E-state index is 0.0270. The van der Waals surface area contributed by atoms with Crippen LogP contribution < -0.4 is 10.1 Å². The first kappa shape index (κ1) is 18.4. The molecule has 0 spiro atoms. The molecule has 1 aromatic rings. The normalized spacial score (nSPS) is 21.5. The summed E-state index contributed by atoms with van der Waals surface area (Å²) >= 11 is 0. The molecule has 0 aromatic heterocycles. The Labute approximate surface area is 138 Å². The monoisotopic (exact) mass is 346 g/mol. The summed E-state index contributed by atoms with van der Waals surface area (Å²) in [6.45, 7) is 5.09. The third kappa shape index (κ3) is 5.30. The average Bonchev–Trinajstić information content (AvgIpc) is 2.50. The molecular formula is C16H21F3N2O3. The number of hydrogen-bond acceptors (Lipinski definition) is 3. The van der Waals surface area contributed by atoms with Gasteiger partial charge in [0.1, 0.15) is 12.4 Å². The van der Waals surface area contributed by atoms with Gasteiger partial charge in [0, 0.05) is 13.1 Å². The van der Waals surface area contributed by atoms with Crippen LogP contribution in [0.25, 0.3) is 0 Å². The molecule has 1 heterocycles. The molecule has 1 saturated heterocycles. The van der Waals surface area contributed by atoms with E-state index < -0.39 is 11.7 Å². The van der Waals surface area contributed by atoms with Crippen LogP contribution in [0.4, 0.5) is 18.0 Å². The van der Waals surface area contributed by atoms with Gasteiger partial charge in [-0.1, -0.05) is 6.07 Å². The summed E-state index contributed by atoms with van der Waals surface area (Å²) in [7, 11) is 0. The maximum Gasteiger partial charge on any atom is 0.416 e. The number of carbonyl (C=O) groups is 1. The first-order valence-corrected chi connectivity index (χ1v) is 7.74. The lowest BCUT2D eigenvalue weighted by atomic mass is 10.2. The van der Waals surface area contributed by atoms with Crippen molar-refractivity contribution in [3.8, 4) is 5.75 Å². The van der Waals surface area contributed by atoms with Crippen LogP contribution in [0.15, 0.2) is 24.3 Å². The van der Waals surface area contributed by atoms with Gasteiger partial charge in [-0.15, -0.1) is 0 Å². The topological polar surface area (TPSA) is 50.8 Å². The first-order valence-electron chi connectivity index (χ1n) is 7.74. The van der Waals surface area contributed by atoms with Crippen LogP contribution in [-0.2, 0) is 10.9 Å². The fraction of sp³-hybridized carbons (Fsp3) is 0.562. The number of rotatable bonds is 4. The number of urea groups is 1. The molecule has 2 unspecified atom stereocenters. The number of hydrogen-bond donors (Lipinski definition) is 1. The van der Waals surface area contributed by atoms with E-state index in [1.807, 2.05) is 13.8 Å². The zero-order valence-electron chi connectivity index (χ0n) is 13.6. The SMILES string of the molecule is CC1CN(C(=O)NCCOc2cccc(C(F)(F)F)c2)CC(C)O1. The van der Waals surface area contributed by atoms with Crippen molar-refractivity contribution in [3.63, 3.8) is 0 Å². The highest BCUT2D eigenvalue weighted by atomic mass is 19.4. The van der Waals surface area contributed by atoms with E-state index in [1.165, 1.54) is 12.1 Å². The molecule has 1 aliphatic rings. The van der Waals surface area contributed by atoms with E-state index >= 15 is 0 Å². The second-order valence-electron chi connectivity index (χ2n) is 5.77. The standard InChI is InChI=1S/C16H21F3N2O3/c1-11-9-21(10-12(2)24-11)15(22)20-6-7-23-14-5-3-4-13(8-14)16(17,18)19/h3-5,8,11-12H,6-7,9-10H2,1-2H3,(H,20,22). The molecule has 1 fully saturated rings. The highest BCUT2D eigenvalue weighted by Crippen LogP contribution is 2.31. The van der Waals surface area contributed by atoms with Gasteiger partial charge in [0.05, 0.1) is 24.3 Å². The maximum absolute atomic E-state index is 12.6. The zero-order valence-corrected chi connectivity index (χ0v) is 13.6. The summed E-state index contributed by atoms with van der Waals surface area (Å²) in [6.07, 6.45) is -4.46. The molecule has 0 saturated carbocycles. The molecule has 134 valence electrons. The van der Waals surface area contributed by atoms with E-state index in [1.54, 1.807) is 4.90 Å². The minimum atomic E-state index is -4.41. The molecule has 1 aliphatic heterocycles. The molecule has 8 heteroatoms. The predicted molar refractivity (Wildman–Crippen MR) is 81.9 cm³/mol. The minimum Gasteiger partial charge on any atom is -0.492 e. The van der Waals surface area contributed by atoms with Gasteiger partial charge in [-0.25, -0.2) is 4.79 Å². The van der Waals surface area contributed by atoms with Gasteiger partial charge < -0.3 is 19.7 Å². The molecule has 0 aliphatic carbocycles. The lowest BCUT2D eigenvalue weighted by Crippen LogP contribution is -2.52. The highest BCUT2D eigenvalue weighted by Gasteiger charge is 2.30. The summed E-state index contributed by atoms with van der Waals surface area (Å²) in [5.74, 6) is 0.118. The molecule has 0 radical (unpaired) electrons. The van der Waals surface area contributed by atoms with Gasteiger partial charge in [0.25, 0.3) is 0 Å². The largest absolute Gasteiger partial charge is 0.492 e. The maximum atomic E-state index is 12.6. The van der Waals surface area contributed by atoms with Crippen LogP contribution in [0.2, 0.25) is 0 Å². The molecule has 2 atom stereocenters. The van der Waals surface area contributed by atoms with Gasteiger partial charge in [0.15, 0.2) is 0 Å². The number of benzene rings is 1. The lowest BCUT2D eigenvalue weighted by molar-refractivity contribution is -0.137. The number of ether oxygens (including phenoxy) is 2. The first-order chi connectivity index (χ1) is 11.3. The summed E-state index contributed by atoms with van der Waals surface area (Å²) in [5, 5.41) is 2.69. The lowest BCUT2D eigenvalue weighted by Gasteiger charge is -2.35. The quantitative estimate of drug-likeness (QED) is 0.853. The number of halogens is 3. The number of morpholine rings is 1. The molecule has 0 bridgehead atoms. The van der Waals surface area contributed by atoms with Crippen molar-refractivity contribution in [2.24, 2.45) is 0 Å². The summed E-state index contributed by atoms with van der Waals surface area (Å²) in [6, 6.07) is 4.42. The van der Waals surface area contributed by atoms with Gasteiger partial charge in [-0.05, 0) is 32.0 Å². The highest BCUT2D eigenvalue weighted by molar-refractivity contribution is 5.74. The number of nitrogens with one attached hydrogen (secondary N) is 1. The van der Waals surface area contributed by atoms with E-state index in [0.29, 0.717) is 13.1 Å². The van der Waals surface area contributed by atoms with Crippen LogP contribution >= 0.6 is 0 Å². The number of nitrogens with zero attached hydrogens (tertiary/aromatic N) is 1. The van der Waals surface area contributed by atoms with Crippen molar-refractivity contribution in [1.82, 2.24) is 10.2 Å². The molecule has 5 nitrogen and oxygen atoms in total. The Bertz CT molecular complexity index is 556. The Hall–Kier alpha value is -1.96. The number of carbonyl (C=O) groups excluding carboxylic acids is 1. The van der Waals surface area contributed by atoms with E-state index in [9.17, 15) is 18.0 Å². The number of amides is 2. The molecule has 2 rings (SSSR count). The van der Waals surface area contributed by atoms with Crippen molar-refractivity contribution in [2.75, 3.05) is 26.2 Å². The Morgan fingerprint density at radius 3 is 2.62 bits per heavy atom. The summed E-state index contributed by atoms with van der Waals surface area (Å²) < 4.78 is 48.6. The van der Waals surface area contributed by atoms with Gasteiger partial charge in [-0.3, -0.25) is 0 Å². The second-order valence-corrected chi connectivity index (χ2v) is 5.77. The van der Waals surface area contributed by atoms with Crippen LogP contribution in [0.5, 0.6) is 5.75 Å².